The summed E-state index contributed by atoms with van der Waals surface area (Å²) in [4.78, 5) is 21.9. The van der Waals surface area contributed by atoms with E-state index in [9.17, 15) is 54.2 Å². The second-order valence-corrected chi connectivity index (χ2v) is 9.43. The van der Waals surface area contributed by atoms with Gasteiger partial charge in [-0.3, -0.25) is 10.1 Å². The van der Waals surface area contributed by atoms with E-state index in [0.29, 0.717) is 6.07 Å². The molecule has 0 fully saturated rings. The number of carbonyl (C=O) groups is 1. The predicted octanol–water partition coefficient (Wildman–Crippen LogP) is 4.86. The van der Waals surface area contributed by atoms with Crippen molar-refractivity contribution in [1.82, 2.24) is 0 Å². The molecule has 3 rings (SSSR count). The zero-order valence-corrected chi connectivity index (χ0v) is 19.3. The van der Waals surface area contributed by atoms with Gasteiger partial charge in [-0.2, -0.15) is 26.3 Å². The number of fused-ring (bicyclic) bond motifs is 2. The van der Waals surface area contributed by atoms with Crippen LogP contribution in [0.1, 0.15) is 16.8 Å². The first kappa shape index (κ1) is 28.4. The third-order valence-electron chi connectivity index (χ3n) is 5.27. The number of hydrogen-bond donors (Lipinski definition) is 1. The summed E-state index contributed by atoms with van der Waals surface area (Å²) in [6.07, 6.45) is -14.5. The molecule has 17 heteroatoms. The van der Waals surface area contributed by atoms with Crippen molar-refractivity contribution in [2.45, 2.75) is 29.3 Å². The maximum Gasteiger partial charge on any atom is 0.426 e. The first-order chi connectivity index (χ1) is 16.8. The standard InChI is InChI=1S/C20H12ClF6NO8S/c21-12-4-10-6-14-9(5-13(10)15(8-12)28(31)32)3-11(7-16(14)37(33,34)35)17(29)36-2-1-18(30,19(22,23)24)20(25,26)27/h3-8,30H,1-2H2,(H,33,34,35)/p-1. The fraction of sp³-hybridized carbons (Fsp3) is 0.250. The third-order valence-corrected chi connectivity index (χ3v) is 6.36. The molecule has 0 unspecified atom stereocenters. The van der Waals surface area contributed by atoms with Crippen LogP contribution in [0.2, 0.25) is 5.02 Å². The molecular weight excluding hydrogens is 564 g/mol. The fourth-order valence-electron chi connectivity index (χ4n) is 3.43. The van der Waals surface area contributed by atoms with Crippen molar-refractivity contribution in [1.29, 1.82) is 0 Å². The molecule has 37 heavy (non-hydrogen) atoms. The van der Waals surface area contributed by atoms with Gasteiger partial charge in [0.15, 0.2) is 0 Å². The van der Waals surface area contributed by atoms with Crippen molar-refractivity contribution >= 4 is 54.9 Å². The lowest BCUT2D eigenvalue weighted by molar-refractivity contribution is -0.383. The highest BCUT2D eigenvalue weighted by Gasteiger charge is 2.70. The van der Waals surface area contributed by atoms with E-state index in [-0.39, 0.29) is 26.6 Å². The Bertz CT molecular complexity index is 1520. The molecule has 3 aromatic rings. The number of nitrogens with zero attached hydrogens (tertiary/aromatic N) is 1. The summed E-state index contributed by atoms with van der Waals surface area (Å²) in [7, 11) is -5.34. The summed E-state index contributed by atoms with van der Waals surface area (Å²) in [5.74, 6) is -1.63. The summed E-state index contributed by atoms with van der Waals surface area (Å²) in [6.45, 7) is -1.60. The zero-order valence-electron chi connectivity index (χ0n) is 17.7. The lowest BCUT2D eigenvalue weighted by Crippen LogP contribution is -2.57. The van der Waals surface area contributed by atoms with Gasteiger partial charge < -0.3 is 14.4 Å². The van der Waals surface area contributed by atoms with E-state index in [1.165, 1.54) is 6.07 Å². The van der Waals surface area contributed by atoms with Crippen molar-refractivity contribution in [3.8, 4) is 0 Å². The number of ether oxygens (including phenoxy) is 1. The molecule has 0 aliphatic carbocycles. The van der Waals surface area contributed by atoms with Gasteiger partial charge in [0.25, 0.3) is 11.3 Å². The number of halogens is 7. The zero-order chi connectivity index (χ0) is 28.1. The van der Waals surface area contributed by atoms with Gasteiger partial charge in [-0.15, -0.1) is 0 Å². The van der Waals surface area contributed by atoms with Crippen LogP contribution >= 0.6 is 11.6 Å². The number of rotatable bonds is 6. The average Bonchev–Trinajstić information content (AvgIpc) is 2.73. The topological polar surface area (TPSA) is 147 Å². The summed E-state index contributed by atoms with van der Waals surface area (Å²) in [5, 5.41) is 19.8. The molecule has 0 aliphatic heterocycles. The molecule has 3 aromatic carbocycles. The molecule has 0 saturated heterocycles. The van der Waals surface area contributed by atoms with Crippen LogP contribution in [0.25, 0.3) is 21.5 Å². The summed E-state index contributed by atoms with van der Waals surface area (Å²) < 4.78 is 117. The lowest BCUT2D eigenvalue weighted by Gasteiger charge is -2.32. The number of nitro groups is 1. The van der Waals surface area contributed by atoms with Gasteiger partial charge in [-0.1, -0.05) is 11.6 Å². The van der Waals surface area contributed by atoms with E-state index < -0.39 is 68.1 Å². The van der Waals surface area contributed by atoms with Gasteiger partial charge in [0.05, 0.1) is 27.4 Å². The number of nitro benzene ring substituents is 1. The Balaban J connectivity index is 2.08. The second-order valence-electron chi connectivity index (χ2n) is 7.65. The van der Waals surface area contributed by atoms with Crippen LogP contribution in [0.5, 0.6) is 0 Å². The van der Waals surface area contributed by atoms with E-state index in [0.717, 1.165) is 24.3 Å². The average molecular weight is 575 g/mol. The summed E-state index contributed by atoms with van der Waals surface area (Å²) in [6, 6.07) is 5.66. The molecule has 0 radical (unpaired) electrons. The third kappa shape index (κ3) is 5.41. The Kier molecular flexibility index (Phi) is 7.11. The smallest absolute Gasteiger partial charge is 0.426 e. The first-order valence-corrected chi connectivity index (χ1v) is 11.4. The SMILES string of the molecule is O=C(OCCC(O)(C(F)(F)F)C(F)(F)F)c1cc(S(=O)(=O)[O-])c2cc3cc(Cl)cc([N+](=O)[O-])c3cc2c1. The van der Waals surface area contributed by atoms with Crippen molar-refractivity contribution < 1.29 is 58.9 Å². The van der Waals surface area contributed by atoms with Crippen molar-refractivity contribution in [3.63, 3.8) is 0 Å². The van der Waals surface area contributed by atoms with Gasteiger partial charge in [0, 0.05) is 17.5 Å². The Hall–Kier alpha value is -3.21. The highest BCUT2D eigenvalue weighted by Crippen LogP contribution is 2.45. The molecular formula is C20H11ClF6NO8S-. The van der Waals surface area contributed by atoms with Crippen LogP contribution in [0.15, 0.2) is 41.3 Å². The fourth-order valence-corrected chi connectivity index (χ4v) is 4.37. The van der Waals surface area contributed by atoms with Gasteiger partial charge in [0.2, 0.25) is 0 Å². The predicted molar refractivity (Wildman–Crippen MR) is 113 cm³/mol. The Morgan fingerprint density at radius 2 is 1.51 bits per heavy atom. The molecule has 1 N–H and O–H groups in total. The number of esters is 1. The summed E-state index contributed by atoms with van der Waals surface area (Å²) >= 11 is 5.85. The van der Waals surface area contributed by atoms with Gasteiger partial charge in [0.1, 0.15) is 10.1 Å². The van der Waals surface area contributed by atoms with Gasteiger partial charge in [-0.05, 0) is 46.5 Å². The van der Waals surface area contributed by atoms with Gasteiger partial charge >= 0.3 is 18.3 Å². The minimum absolute atomic E-state index is 0.0468. The molecule has 0 spiro atoms. The molecule has 9 nitrogen and oxygen atoms in total. The minimum atomic E-state index is -6.16. The lowest BCUT2D eigenvalue weighted by atomic mass is 9.99. The summed E-state index contributed by atoms with van der Waals surface area (Å²) in [5.41, 5.74) is -6.50. The minimum Gasteiger partial charge on any atom is -0.744 e. The quantitative estimate of drug-likeness (QED) is 0.110. The van der Waals surface area contributed by atoms with Gasteiger partial charge in [-0.25, -0.2) is 13.2 Å². The number of hydrogen-bond acceptors (Lipinski definition) is 8. The van der Waals surface area contributed by atoms with E-state index in [1.807, 2.05) is 0 Å². The van der Waals surface area contributed by atoms with Crippen LogP contribution < -0.4 is 0 Å². The maximum absolute atomic E-state index is 12.8. The highest BCUT2D eigenvalue weighted by atomic mass is 35.5. The number of aliphatic hydroxyl groups is 1. The molecule has 0 aromatic heterocycles. The van der Waals surface area contributed by atoms with Crippen molar-refractivity contribution in [3.05, 3.63) is 57.1 Å². The van der Waals surface area contributed by atoms with Crippen LogP contribution in [0.3, 0.4) is 0 Å². The monoisotopic (exact) mass is 574 g/mol. The van der Waals surface area contributed by atoms with Crippen LogP contribution in [0.4, 0.5) is 32.0 Å². The Morgan fingerprint density at radius 1 is 0.973 bits per heavy atom. The van der Waals surface area contributed by atoms with Crippen LogP contribution in [-0.2, 0) is 14.9 Å². The molecule has 0 saturated carbocycles. The molecule has 200 valence electrons. The largest absolute Gasteiger partial charge is 0.744 e. The molecule has 0 atom stereocenters. The normalized spacial score (nSPS) is 13.2. The van der Waals surface area contributed by atoms with Crippen LogP contribution in [0, 0.1) is 10.1 Å². The number of alkyl halides is 6. The van der Waals surface area contributed by atoms with E-state index in [1.54, 1.807) is 0 Å². The number of benzene rings is 3. The molecule has 0 amide bonds. The molecule has 0 heterocycles. The Morgan fingerprint density at radius 3 is 2.03 bits per heavy atom. The van der Waals surface area contributed by atoms with Crippen molar-refractivity contribution in [2.24, 2.45) is 0 Å². The molecule has 0 aliphatic rings. The number of carbonyl (C=O) groups excluding carboxylic acids is 1. The van der Waals surface area contributed by atoms with E-state index >= 15 is 0 Å². The van der Waals surface area contributed by atoms with E-state index in [2.05, 4.69) is 4.74 Å². The van der Waals surface area contributed by atoms with Crippen LogP contribution in [-0.4, -0.2) is 53.5 Å². The molecule has 0 bridgehead atoms. The Labute approximate surface area is 207 Å². The van der Waals surface area contributed by atoms with E-state index in [4.69, 9.17) is 16.7 Å². The first-order valence-electron chi connectivity index (χ1n) is 9.60. The second kappa shape index (κ2) is 9.27. The van der Waals surface area contributed by atoms with Crippen molar-refractivity contribution in [2.75, 3.05) is 6.61 Å². The maximum atomic E-state index is 12.8. The highest BCUT2D eigenvalue weighted by molar-refractivity contribution is 7.86. The number of non-ortho nitro benzene ring substituents is 1.